The Morgan fingerprint density at radius 1 is 1.36 bits per heavy atom. The van der Waals surface area contributed by atoms with Crippen molar-refractivity contribution in [3.63, 3.8) is 0 Å². The van der Waals surface area contributed by atoms with Crippen molar-refractivity contribution in [2.45, 2.75) is 43.7 Å². The van der Waals surface area contributed by atoms with Gasteiger partial charge in [0.2, 0.25) is 5.88 Å². The van der Waals surface area contributed by atoms with Crippen molar-refractivity contribution < 1.29 is 19.1 Å². The monoisotopic (exact) mass is 343 g/mol. The molecule has 0 aliphatic heterocycles. The molecular weight excluding hydrogens is 322 g/mol. The molecule has 0 radical (unpaired) electrons. The van der Waals surface area contributed by atoms with Crippen LogP contribution in [-0.4, -0.2) is 34.2 Å². The van der Waals surface area contributed by atoms with Gasteiger partial charge in [-0.3, -0.25) is 4.79 Å². The molecule has 0 unspecified atom stereocenters. The molecular formula is C18H21N3O4. The van der Waals surface area contributed by atoms with Crippen molar-refractivity contribution in [3.8, 4) is 5.88 Å². The molecule has 0 aromatic carbocycles. The van der Waals surface area contributed by atoms with Crippen LogP contribution in [0, 0.1) is 5.92 Å². The minimum Gasteiger partial charge on any atom is -0.481 e. The van der Waals surface area contributed by atoms with Gasteiger partial charge in [0, 0.05) is 18.2 Å². The second-order valence-corrected chi connectivity index (χ2v) is 6.81. The number of nitrogens with one attached hydrogen (secondary N) is 1. The van der Waals surface area contributed by atoms with E-state index in [0.29, 0.717) is 36.1 Å². The minimum absolute atomic E-state index is 0.172. The van der Waals surface area contributed by atoms with Gasteiger partial charge in [0.1, 0.15) is 5.76 Å². The van der Waals surface area contributed by atoms with Crippen LogP contribution in [0.1, 0.15) is 59.5 Å². The summed E-state index contributed by atoms with van der Waals surface area (Å²) in [5, 5.41) is 12.7. The van der Waals surface area contributed by atoms with E-state index in [1.807, 2.05) is 6.07 Å². The second kappa shape index (κ2) is 6.48. The summed E-state index contributed by atoms with van der Waals surface area (Å²) in [4.78, 5) is 21.1. The zero-order chi connectivity index (χ0) is 17.4. The largest absolute Gasteiger partial charge is 0.481 e. The lowest BCUT2D eigenvalue weighted by Gasteiger charge is -2.38. The number of aliphatic hydroxyl groups is 1. The van der Waals surface area contributed by atoms with Gasteiger partial charge in [-0.2, -0.15) is 0 Å². The summed E-state index contributed by atoms with van der Waals surface area (Å²) in [6, 6.07) is 3.44. The van der Waals surface area contributed by atoms with E-state index in [9.17, 15) is 9.90 Å². The summed E-state index contributed by atoms with van der Waals surface area (Å²) in [5.74, 6) is 1.45. The Kier molecular flexibility index (Phi) is 4.17. The number of hydrogen-bond donors (Lipinski definition) is 2. The first-order valence-electron chi connectivity index (χ1n) is 8.58. The first-order valence-corrected chi connectivity index (χ1v) is 8.58. The molecule has 7 nitrogen and oxygen atoms in total. The van der Waals surface area contributed by atoms with Crippen molar-refractivity contribution in [2.24, 2.45) is 5.92 Å². The highest BCUT2D eigenvalue weighted by Gasteiger charge is 2.38. The van der Waals surface area contributed by atoms with Gasteiger partial charge < -0.3 is 19.6 Å². The summed E-state index contributed by atoms with van der Waals surface area (Å²) in [6.45, 7) is 0. The Bertz CT molecular complexity index is 748. The fourth-order valence-electron chi connectivity index (χ4n) is 3.34. The topological polar surface area (TPSA) is 97.5 Å². The highest BCUT2D eigenvalue weighted by molar-refractivity contribution is 5.93. The van der Waals surface area contributed by atoms with Gasteiger partial charge in [0.15, 0.2) is 12.1 Å². The molecule has 132 valence electrons. The zero-order valence-corrected chi connectivity index (χ0v) is 14.0. The number of rotatable bonds is 6. The molecule has 4 rings (SSSR count). The van der Waals surface area contributed by atoms with Crippen LogP contribution in [0.4, 0.5) is 0 Å². The minimum atomic E-state index is -0.301. The van der Waals surface area contributed by atoms with E-state index in [4.69, 9.17) is 9.15 Å². The molecule has 2 aliphatic carbocycles. The van der Waals surface area contributed by atoms with Gasteiger partial charge in [-0.1, -0.05) is 6.07 Å². The third-order valence-electron chi connectivity index (χ3n) is 4.99. The highest BCUT2D eigenvalue weighted by atomic mass is 16.5. The third-order valence-corrected chi connectivity index (χ3v) is 4.99. The maximum absolute atomic E-state index is 12.8. The summed E-state index contributed by atoms with van der Waals surface area (Å²) >= 11 is 0. The lowest BCUT2D eigenvalue weighted by molar-refractivity contribution is 0.0234. The highest BCUT2D eigenvalue weighted by Crippen LogP contribution is 2.42. The number of aliphatic hydroxyl groups excluding tert-OH is 1. The van der Waals surface area contributed by atoms with E-state index in [0.717, 1.165) is 18.4 Å². The quantitative estimate of drug-likeness (QED) is 0.834. The van der Waals surface area contributed by atoms with E-state index < -0.39 is 0 Å². The van der Waals surface area contributed by atoms with Crippen LogP contribution in [0.3, 0.4) is 0 Å². The number of carbonyl (C=O) groups is 1. The molecule has 0 saturated heterocycles. The van der Waals surface area contributed by atoms with Crippen molar-refractivity contribution >= 4 is 5.91 Å². The molecule has 0 bridgehead atoms. The number of pyridine rings is 1. The number of amides is 1. The lowest BCUT2D eigenvalue weighted by Crippen LogP contribution is -2.41. The summed E-state index contributed by atoms with van der Waals surface area (Å²) < 4.78 is 10.5. The Morgan fingerprint density at radius 3 is 2.76 bits per heavy atom. The Labute approximate surface area is 145 Å². The summed E-state index contributed by atoms with van der Waals surface area (Å²) in [5.41, 5.74) is 1.26. The number of ether oxygens (including phenoxy) is 1. The van der Waals surface area contributed by atoms with Crippen LogP contribution in [0.25, 0.3) is 0 Å². The molecule has 2 heterocycles. The molecule has 2 N–H and O–H groups in total. The Balaban J connectivity index is 1.55. The van der Waals surface area contributed by atoms with Crippen LogP contribution in [0.2, 0.25) is 0 Å². The van der Waals surface area contributed by atoms with E-state index in [-0.39, 0.29) is 24.0 Å². The van der Waals surface area contributed by atoms with Crippen molar-refractivity contribution in [3.05, 3.63) is 41.7 Å². The first kappa shape index (κ1) is 16.1. The summed E-state index contributed by atoms with van der Waals surface area (Å²) in [6.07, 6.45) is 6.13. The van der Waals surface area contributed by atoms with Crippen LogP contribution >= 0.6 is 0 Å². The molecule has 2 aliphatic rings. The van der Waals surface area contributed by atoms with Crippen LogP contribution in [0.15, 0.2) is 29.1 Å². The molecule has 7 heteroatoms. The fraction of sp³-hybridized carbons (Fsp3) is 0.500. The van der Waals surface area contributed by atoms with E-state index in [2.05, 4.69) is 15.3 Å². The van der Waals surface area contributed by atoms with Crippen molar-refractivity contribution in [1.29, 1.82) is 0 Å². The van der Waals surface area contributed by atoms with E-state index in [1.165, 1.54) is 6.39 Å². The van der Waals surface area contributed by atoms with Crippen LogP contribution < -0.4 is 10.1 Å². The Morgan fingerprint density at radius 2 is 2.16 bits per heavy atom. The van der Waals surface area contributed by atoms with Crippen molar-refractivity contribution in [2.75, 3.05) is 7.11 Å². The summed E-state index contributed by atoms with van der Waals surface area (Å²) in [7, 11) is 1.56. The molecule has 1 atom stereocenters. The van der Waals surface area contributed by atoms with Crippen LogP contribution in [0.5, 0.6) is 5.88 Å². The average molecular weight is 343 g/mol. The van der Waals surface area contributed by atoms with Gasteiger partial charge in [-0.15, -0.1) is 0 Å². The molecule has 2 aromatic rings. The second-order valence-electron chi connectivity index (χ2n) is 6.81. The van der Waals surface area contributed by atoms with Crippen LogP contribution in [-0.2, 0) is 0 Å². The molecule has 2 fully saturated rings. The number of nitrogens with zero attached hydrogens (tertiary/aromatic N) is 2. The zero-order valence-electron chi connectivity index (χ0n) is 14.0. The number of carbonyl (C=O) groups excluding carboxylic acids is 1. The molecule has 0 spiro atoms. The lowest BCUT2D eigenvalue weighted by atomic mass is 9.75. The molecule has 2 aromatic heterocycles. The fourth-order valence-corrected chi connectivity index (χ4v) is 3.34. The predicted octanol–water partition coefficient (Wildman–Crippen LogP) is 2.20. The number of oxazole rings is 1. The number of methoxy groups -OCH3 is 1. The van der Waals surface area contributed by atoms with Gasteiger partial charge in [0.25, 0.3) is 5.91 Å². The number of aromatic nitrogens is 2. The molecule has 25 heavy (non-hydrogen) atoms. The first-order chi connectivity index (χ1) is 12.2. The maximum atomic E-state index is 12.8. The standard InChI is InChI=1S/C18H21N3O4/c1-24-14-5-4-11(8-19-14)15(12-6-13(22)7-12)21-18(23)16-17(10-2-3-10)25-9-20-16/h4-5,8-10,12-13,15,22H,2-3,6-7H2,1H3,(H,21,23)/t12?,13?,15-/m0/s1. The molecule has 2 saturated carbocycles. The van der Waals surface area contributed by atoms with E-state index >= 15 is 0 Å². The molecule has 1 amide bonds. The van der Waals surface area contributed by atoms with Gasteiger partial charge >= 0.3 is 0 Å². The SMILES string of the molecule is COc1ccc([C@H](NC(=O)c2ncoc2C2CC2)C2CC(O)C2)cn1. The van der Waals surface area contributed by atoms with Gasteiger partial charge in [-0.25, -0.2) is 9.97 Å². The Hall–Kier alpha value is -2.41. The van der Waals surface area contributed by atoms with E-state index in [1.54, 1.807) is 19.4 Å². The predicted molar refractivity (Wildman–Crippen MR) is 88.2 cm³/mol. The normalized spacial score (nSPS) is 23.6. The maximum Gasteiger partial charge on any atom is 0.274 e. The van der Waals surface area contributed by atoms with Gasteiger partial charge in [0.05, 0.1) is 19.3 Å². The third kappa shape index (κ3) is 3.24. The smallest absolute Gasteiger partial charge is 0.274 e. The van der Waals surface area contributed by atoms with Crippen molar-refractivity contribution in [1.82, 2.24) is 15.3 Å². The number of hydrogen-bond acceptors (Lipinski definition) is 6. The van der Waals surface area contributed by atoms with Gasteiger partial charge in [-0.05, 0) is 37.2 Å². The average Bonchev–Trinajstić information content (AvgIpc) is 3.33.